The first kappa shape index (κ1) is 32.9. The van der Waals surface area contributed by atoms with Crippen LogP contribution in [0, 0.1) is 11.6 Å². The summed E-state index contributed by atoms with van der Waals surface area (Å²) in [4.78, 5) is 47.7. The molecule has 0 saturated carbocycles. The normalized spacial score (nSPS) is 13.4. The van der Waals surface area contributed by atoms with Gasteiger partial charge >= 0.3 is 0 Å². The minimum Gasteiger partial charge on any atom is -0.494 e. The van der Waals surface area contributed by atoms with Crippen LogP contribution in [0.2, 0.25) is 5.02 Å². The van der Waals surface area contributed by atoms with E-state index in [0.29, 0.717) is 38.3 Å². The molecule has 236 valence electrons. The number of nitrogens with one attached hydrogen (secondary N) is 2. The van der Waals surface area contributed by atoms with Crippen molar-refractivity contribution in [3.8, 4) is 17.0 Å². The molecule has 4 rings (SSSR count). The molecule has 0 spiro atoms. The fraction of sp³-hybridized carbons (Fsp3) is 0.419. The smallest absolute Gasteiger partial charge is 0.291 e. The zero-order valence-corrected chi connectivity index (χ0v) is 26.1. The lowest BCUT2D eigenvalue weighted by atomic mass is 10.1. The van der Waals surface area contributed by atoms with Crippen LogP contribution in [-0.2, 0) is 11.8 Å². The van der Waals surface area contributed by atoms with E-state index in [1.165, 1.54) is 54.1 Å². The molecule has 10 nitrogen and oxygen atoms in total. The number of rotatable bonds is 11. The lowest BCUT2D eigenvalue weighted by Gasteiger charge is -2.35. The first-order chi connectivity index (χ1) is 21.0. The number of halogens is 3. The number of quaternary nitrogens is 1. The summed E-state index contributed by atoms with van der Waals surface area (Å²) in [7, 11) is 6.98. The summed E-state index contributed by atoms with van der Waals surface area (Å²) in [6.07, 6.45) is 4.78. The Kier molecular flexibility index (Phi) is 10.9. The van der Waals surface area contributed by atoms with Crippen LogP contribution in [-0.4, -0.2) is 91.0 Å². The van der Waals surface area contributed by atoms with Gasteiger partial charge in [0, 0.05) is 50.9 Å². The standard InChI is InChI=1S/C31H37ClF2N6O4/c1-37(2)13-7-5-6-8-26(41)39-14-16-40(17-15-39)31(43)21-10-9-20(18-23(21)32)36-30(42)29-35-19-24(38(29)3)22-11-12-25(44-4)28(34)27(22)33/h9-12,18-19H,5-8,13-17H2,1-4H3,(H,36,42)/p+1. The number of nitrogens with zero attached hydrogens (tertiary/aromatic N) is 4. The van der Waals surface area contributed by atoms with Gasteiger partial charge in [-0.25, -0.2) is 9.37 Å². The van der Waals surface area contributed by atoms with E-state index in [0.717, 1.165) is 25.8 Å². The van der Waals surface area contributed by atoms with E-state index in [9.17, 15) is 23.2 Å². The summed E-state index contributed by atoms with van der Waals surface area (Å²) in [6, 6.07) is 7.19. The van der Waals surface area contributed by atoms with Crippen LogP contribution in [0.5, 0.6) is 5.75 Å². The Hall–Kier alpha value is -4.03. The number of unbranched alkanes of at least 4 members (excludes halogenated alkanes) is 2. The summed E-state index contributed by atoms with van der Waals surface area (Å²) in [6.45, 7) is 2.84. The van der Waals surface area contributed by atoms with Crippen molar-refractivity contribution in [2.24, 2.45) is 7.05 Å². The lowest BCUT2D eigenvalue weighted by molar-refractivity contribution is -0.858. The molecule has 1 aromatic heterocycles. The van der Waals surface area contributed by atoms with Crippen LogP contribution in [0.15, 0.2) is 36.5 Å². The van der Waals surface area contributed by atoms with E-state index >= 15 is 0 Å². The minimum absolute atomic E-state index is 0.0473. The van der Waals surface area contributed by atoms with Gasteiger partial charge in [0.15, 0.2) is 17.4 Å². The average Bonchev–Trinajstić information content (AvgIpc) is 3.38. The van der Waals surface area contributed by atoms with Crippen LogP contribution >= 0.6 is 11.6 Å². The van der Waals surface area contributed by atoms with Gasteiger partial charge in [0.1, 0.15) is 0 Å². The fourth-order valence-electron chi connectivity index (χ4n) is 5.13. The average molecular weight is 632 g/mol. The van der Waals surface area contributed by atoms with Crippen molar-refractivity contribution >= 4 is 35.0 Å². The molecule has 3 amide bonds. The number of benzene rings is 2. The molecule has 2 N–H and O–H groups in total. The van der Waals surface area contributed by atoms with Gasteiger partial charge in [-0.15, -0.1) is 0 Å². The Morgan fingerprint density at radius 2 is 1.70 bits per heavy atom. The summed E-state index contributed by atoms with van der Waals surface area (Å²) in [5.74, 6) is -3.29. The first-order valence-electron chi connectivity index (χ1n) is 14.5. The van der Waals surface area contributed by atoms with E-state index in [4.69, 9.17) is 16.3 Å². The molecule has 1 aliphatic heterocycles. The number of piperazine rings is 1. The molecular formula is C31H38ClF2N6O4+. The monoisotopic (exact) mass is 631 g/mol. The van der Waals surface area contributed by atoms with Gasteiger partial charge in [-0.05, 0) is 49.6 Å². The summed E-state index contributed by atoms with van der Waals surface area (Å²) in [5.41, 5.74) is 0.717. The first-order valence-corrected chi connectivity index (χ1v) is 14.9. The maximum absolute atomic E-state index is 14.6. The van der Waals surface area contributed by atoms with Crippen molar-refractivity contribution in [3.05, 3.63) is 64.6 Å². The lowest BCUT2D eigenvalue weighted by Crippen LogP contribution is -3.05. The van der Waals surface area contributed by atoms with Crippen molar-refractivity contribution in [1.29, 1.82) is 0 Å². The number of hydrogen-bond donors (Lipinski definition) is 2. The van der Waals surface area contributed by atoms with E-state index < -0.39 is 17.5 Å². The SMILES string of the molecule is COc1ccc(-c2cnc(C(=O)Nc3ccc(C(=O)N4CCN(C(=O)CCCCC[NH+](C)C)CC4)c(Cl)c3)n2C)c(F)c1F. The van der Waals surface area contributed by atoms with Crippen LogP contribution in [0.4, 0.5) is 14.5 Å². The number of carbonyl (C=O) groups excluding carboxylic acids is 3. The second-order valence-corrected chi connectivity index (χ2v) is 11.5. The van der Waals surface area contributed by atoms with Gasteiger partial charge in [0.2, 0.25) is 11.7 Å². The number of imidazole rings is 1. The van der Waals surface area contributed by atoms with Crippen molar-refractivity contribution < 1.29 is 32.8 Å². The molecule has 13 heteroatoms. The van der Waals surface area contributed by atoms with Crippen molar-refractivity contribution in [2.75, 3.05) is 59.2 Å². The Balaban J connectivity index is 1.33. The molecule has 0 unspecified atom stereocenters. The second kappa shape index (κ2) is 14.6. The highest BCUT2D eigenvalue weighted by atomic mass is 35.5. The topological polar surface area (TPSA) is 101 Å². The van der Waals surface area contributed by atoms with Gasteiger partial charge in [-0.2, -0.15) is 4.39 Å². The third-order valence-corrected chi connectivity index (χ3v) is 7.99. The predicted octanol–water partition coefficient (Wildman–Crippen LogP) is 3.27. The van der Waals surface area contributed by atoms with Crippen LogP contribution < -0.4 is 15.0 Å². The highest BCUT2D eigenvalue weighted by Gasteiger charge is 2.26. The largest absolute Gasteiger partial charge is 0.494 e. The quantitative estimate of drug-likeness (QED) is 0.317. The predicted molar refractivity (Wildman–Crippen MR) is 163 cm³/mol. The number of carbonyl (C=O) groups is 3. The Morgan fingerprint density at radius 1 is 1.00 bits per heavy atom. The number of ether oxygens (including phenoxy) is 1. The van der Waals surface area contributed by atoms with E-state index in [-0.39, 0.29) is 45.2 Å². The third-order valence-electron chi connectivity index (χ3n) is 7.68. The van der Waals surface area contributed by atoms with E-state index in [1.807, 2.05) is 4.90 Å². The molecule has 1 aliphatic rings. The Morgan fingerprint density at radius 3 is 2.36 bits per heavy atom. The summed E-state index contributed by atoms with van der Waals surface area (Å²) >= 11 is 6.45. The maximum Gasteiger partial charge on any atom is 0.291 e. The molecule has 0 aliphatic carbocycles. The molecule has 1 fully saturated rings. The molecule has 0 atom stereocenters. The molecule has 2 heterocycles. The number of anilines is 1. The molecule has 0 bridgehead atoms. The number of amides is 3. The molecule has 1 saturated heterocycles. The van der Waals surface area contributed by atoms with Gasteiger partial charge < -0.3 is 29.3 Å². The highest BCUT2D eigenvalue weighted by molar-refractivity contribution is 6.34. The molecule has 2 aromatic carbocycles. The maximum atomic E-state index is 14.6. The molecule has 0 radical (unpaired) electrons. The van der Waals surface area contributed by atoms with Crippen LogP contribution in [0.3, 0.4) is 0 Å². The molecule has 44 heavy (non-hydrogen) atoms. The Bertz CT molecular complexity index is 1520. The van der Waals surface area contributed by atoms with Gasteiger partial charge in [-0.1, -0.05) is 11.6 Å². The van der Waals surface area contributed by atoms with Crippen molar-refractivity contribution in [2.45, 2.75) is 25.7 Å². The minimum atomic E-state index is -1.14. The van der Waals surface area contributed by atoms with E-state index in [1.54, 1.807) is 11.0 Å². The third kappa shape index (κ3) is 7.54. The summed E-state index contributed by atoms with van der Waals surface area (Å²) < 4.78 is 35.0. The Labute approximate surface area is 260 Å². The van der Waals surface area contributed by atoms with Gasteiger partial charge in [0.05, 0.1) is 50.2 Å². The van der Waals surface area contributed by atoms with Crippen molar-refractivity contribution in [3.63, 3.8) is 0 Å². The molecule has 3 aromatic rings. The number of methoxy groups -OCH3 is 1. The number of hydrogen-bond acceptors (Lipinski definition) is 5. The zero-order valence-electron chi connectivity index (χ0n) is 25.4. The van der Waals surface area contributed by atoms with Gasteiger partial charge in [-0.3, -0.25) is 14.4 Å². The highest BCUT2D eigenvalue weighted by Crippen LogP contribution is 2.30. The molecular weight excluding hydrogens is 594 g/mol. The summed E-state index contributed by atoms with van der Waals surface area (Å²) in [5, 5.41) is 2.83. The number of aromatic nitrogens is 2. The van der Waals surface area contributed by atoms with Gasteiger partial charge in [0.25, 0.3) is 11.8 Å². The second-order valence-electron chi connectivity index (χ2n) is 11.1. The zero-order chi connectivity index (χ0) is 32.0. The fourth-order valence-corrected chi connectivity index (χ4v) is 5.39. The van der Waals surface area contributed by atoms with E-state index in [2.05, 4.69) is 24.4 Å². The van der Waals surface area contributed by atoms with Crippen LogP contribution in [0.25, 0.3) is 11.3 Å². The van der Waals surface area contributed by atoms with Crippen molar-refractivity contribution in [1.82, 2.24) is 19.4 Å². The van der Waals surface area contributed by atoms with Crippen LogP contribution in [0.1, 0.15) is 46.7 Å².